The Morgan fingerprint density at radius 1 is 1.40 bits per heavy atom. The minimum atomic E-state index is 0.747. The average Bonchev–Trinajstić information content (AvgIpc) is 2.25. The second-order valence-corrected chi connectivity index (χ2v) is 4.71. The molecule has 84 valence electrons. The Hall–Kier alpha value is -0.380. The zero-order chi connectivity index (χ0) is 11.1. The molecule has 0 aliphatic heterocycles. The molecule has 0 unspecified atom stereocenters. The van der Waals surface area contributed by atoms with Crippen LogP contribution in [0.1, 0.15) is 12.8 Å². The molecule has 0 amide bonds. The van der Waals surface area contributed by atoms with Gasteiger partial charge in [-0.3, -0.25) is 0 Å². The highest BCUT2D eigenvalue weighted by Gasteiger charge is 2.03. The topological polar surface area (TPSA) is 35.2 Å². The quantitative estimate of drug-likeness (QED) is 0.618. The molecule has 15 heavy (non-hydrogen) atoms. The van der Waals surface area contributed by atoms with Crippen LogP contribution in [0.4, 0.5) is 0 Å². The van der Waals surface area contributed by atoms with Crippen LogP contribution < -0.4 is 10.5 Å². The summed E-state index contributed by atoms with van der Waals surface area (Å²) in [5.41, 5.74) is 5.43. The van der Waals surface area contributed by atoms with E-state index in [4.69, 9.17) is 22.1 Å². The molecule has 0 aliphatic carbocycles. The van der Waals surface area contributed by atoms with E-state index >= 15 is 0 Å². The lowest BCUT2D eigenvalue weighted by molar-refractivity contribution is 0.405. The van der Waals surface area contributed by atoms with E-state index in [1.807, 2.05) is 18.2 Å². The third kappa shape index (κ3) is 4.33. The van der Waals surface area contributed by atoms with E-state index < -0.39 is 0 Å². The first-order valence-corrected chi connectivity index (χ1v) is 6.30. The summed E-state index contributed by atoms with van der Waals surface area (Å²) in [6, 6.07) is 5.67. The number of hydrogen-bond donors (Lipinski definition) is 1. The van der Waals surface area contributed by atoms with Crippen molar-refractivity contribution < 1.29 is 4.74 Å². The Morgan fingerprint density at radius 2 is 2.20 bits per heavy atom. The van der Waals surface area contributed by atoms with Gasteiger partial charge in [-0.15, -0.1) is 11.8 Å². The molecule has 0 fully saturated rings. The summed E-state index contributed by atoms with van der Waals surface area (Å²) in [5, 5.41) is 0.747. The van der Waals surface area contributed by atoms with E-state index in [0.717, 1.165) is 40.8 Å². The average molecular weight is 246 g/mol. The molecule has 0 saturated carbocycles. The highest BCUT2D eigenvalue weighted by molar-refractivity contribution is 7.99. The Morgan fingerprint density at radius 3 is 2.87 bits per heavy atom. The van der Waals surface area contributed by atoms with E-state index in [9.17, 15) is 0 Å². The number of nitrogens with two attached hydrogens (primary N) is 1. The molecule has 0 heterocycles. The van der Waals surface area contributed by atoms with Crippen molar-refractivity contribution in [1.29, 1.82) is 0 Å². The van der Waals surface area contributed by atoms with Crippen molar-refractivity contribution in [2.24, 2.45) is 5.73 Å². The fraction of sp³-hybridized carbons (Fsp3) is 0.455. The molecular weight excluding hydrogens is 230 g/mol. The molecule has 2 nitrogen and oxygen atoms in total. The molecule has 1 aromatic carbocycles. The van der Waals surface area contributed by atoms with Crippen molar-refractivity contribution in [2.45, 2.75) is 17.7 Å². The van der Waals surface area contributed by atoms with Gasteiger partial charge in [0, 0.05) is 5.02 Å². The second kappa shape index (κ2) is 6.99. The maximum atomic E-state index is 5.92. The van der Waals surface area contributed by atoms with Gasteiger partial charge in [0.15, 0.2) is 0 Å². The van der Waals surface area contributed by atoms with E-state index in [1.165, 1.54) is 0 Å². The zero-order valence-electron chi connectivity index (χ0n) is 8.83. The predicted octanol–water partition coefficient (Wildman–Crippen LogP) is 3.18. The Bertz CT molecular complexity index is 307. The van der Waals surface area contributed by atoms with Gasteiger partial charge in [-0.25, -0.2) is 0 Å². The molecular formula is C11H16ClNOS. The summed E-state index contributed by atoms with van der Waals surface area (Å²) >= 11 is 7.69. The third-order valence-electron chi connectivity index (χ3n) is 1.98. The van der Waals surface area contributed by atoms with Gasteiger partial charge in [0.2, 0.25) is 0 Å². The third-order valence-corrected chi connectivity index (χ3v) is 3.34. The largest absolute Gasteiger partial charge is 0.496 e. The fourth-order valence-corrected chi connectivity index (χ4v) is 2.50. The molecule has 0 bridgehead atoms. The first-order valence-electron chi connectivity index (χ1n) is 4.94. The minimum Gasteiger partial charge on any atom is -0.496 e. The number of methoxy groups -OCH3 is 1. The van der Waals surface area contributed by atoms with Gasteiger partial charge in [0.05, 0.1) is 12.0 Å². The van der Waals surface area contributed by atoms with E-state index in [2.05, 4.69) is 0 Å². The molecule has 4 heteroatoms. The van der Waals surface area contributed by atoms with Crippen LogP contribution in [0.3, 0.4) is 0 Å². The van der Waals surface area contributed by atoms with Gasteiger partial charge in [-0.1, -0.05) is 11.6 Å². The lowest BCUT2D eigenvalue weighted by Gasteiger charge is -2.08. The lowest BCUT2D eigenvalue weighted by Crippen LogP contribution is -1.98. The van der Waals surface area contributed by atoms with Crippen molar-refractivity contribution in [1.82, 2.24) is 0 Å². The summed E-state index contributed by atoms with van der Waals surface area (Å²) in [5.74, 6) is 1.94. The summed E-state index contributed by atoms with van der Waals surface area (Å²) in [6.07, 6.45) is 2.19. The zero-order valence-corrected chi connectivity index (χ0v) is 10.4. The molecule has 0 radical (unpaired) electrons. The maximum absolute atomic E-state index is 5.92. The lowest BCUT2D eigenvalue weighted by atomic mass is 10.3. The number of hydrogen-bond acceptors (Lipinski definition) is 3. The van der Waals surface area contributed by atoms with Crippen LogP contribution in [0, 0.1) is 0 Å². The van der Waals surface area contributed by atoms with Gasteiger partial charge < -0.3 is 10.5 Å². The smallest absolute Gasteiger partial charge is 0.132 e. The number of thioether (sulfide) groups is 1. The predicted molar refractivity (Wildman–Crippen MR) is 67.0 cm³/mol. The summed E-state index contributed by atoms with van der Waals surface area (Å²) in [6.45, 7) is 0.757. The van der Waals surface area contributed by atoms with Crippen LogP contribution in [0.15, 0.2) is 23.1 Å². The van der Waals surface area contributed by atoms with E-state index in [1.54, 1.807) is 18.9 Å². The van der Waals surface area contributed by atoms with Gasteiger partial charge in [-0.05, 0) is 43.3 Å². The van der Waals surface area contributed by atoms with Crippen LogP contribution in [0.5, 0.6) is 5.75 Å². The SMILES string of the molecule is COc1ccc(Cl)cc1SCCCCN. The van der Waals surface area contributed by atoms with Crippen LogP contribution in [-0.4, -0.2) is 19.4 Å². The first-order chi connectivity index (χ1) is 7.27. The van der Waals surface area contributed by atoms with Crippen molar-refractivity contribution in [2.75, 3.05) is 19.4 Å². The summed E-state index contributed by atoms with van der Waals surface area (Å²) in [7, 11) is 1.67. The Labute approximate surface area is 100 Å². The highest BCUT2D eigenvalue weighted by Crippen LogP contribution is 2.32. The van der Waals surface area contributed by atoms with Gasteiger partial charge in [-0.2, -0.15) is 0 Å². The van der Waals surface area contributed by atoms with Gasteiger partial charge in [0.25, 0.3) is 0 Å². The molecule has 0 spiro atoms. The van der Waals surface area contributed by atoms with Gasteiger partial charge in [0.1, 0.15) is 5.75 Å². The Kier molecular flexibility index (Phi) is 5.91. The van der Waals surface area contributed by atoms with Crippen LogP contribution in [0.2, 0.25) is 5.02 Å². The summed E-state index contributed by atoms with van der Waals surface area (Å²) < 4.78 is 5.25. The monoisotopic (exact) mass is 245 g/mol. The number of ether oxygens (including phenoxy) is 1. The molecule has 1 aromatic rings. The molecule has 0 saturated heterocycles. The van der Waals surface area contributed by atoms with Crippen molar-refractivity contribution in [3.8, 4) is 5.75 Å². The molecule has 0 aromatic heterocycles. The molecule has 0 atom stereocenters. The second-order valence-electron chi connectivity index (χ2n) is 3.14. The van der Waals surface area contributed by atoms with Crippen molar-refractivity contribution >= 4 is 23.4 Å². The van der Waals surface area contributed by atoms with E-state index in [-0.39, 0.29) is 0 Å². The Balaban J connectivity index is 2.54. The van der Waals surface area contributed by atoms with E-state index in [0.29, 0.717) is 0 Å². The molecule has 1 rings (SSSR count). The highest BCUT2D eigenvalue weighted by atomic mass is 35.5. The number of unbranched alkanes of at least 4 members (excludes halogenated alkanes) is 1. The fourth-order valence-electron chi connectivity index (χ4n) is 1.19. The van der Waals surface area contributed by atoms with Crippen LogP contribution in [0.25, 0.3) is 0 Å². The maximum Gasteiger partial charge on any atom is 0.132 e. The normalized spacial score (nSPS) is 10.3. The van der Waals surface area contributed by atoms with Crippen molar-refractivity contribution in [3.63, 3.8) is 0 Å². The number of rotatable bonds is 6. The van der Waals surface area contributed by atoms with Crippen LogP contribution >= 0.6 is 23.4 Å². The minimum absolute atomic E-state index is 0.747. The number of benzene rings is 1. The van der Waals surface area contributed by atoms with Crippen molar-refractivity contribution in [3.05, 3.63) is 23.2 Å². The first kappa shape index (κ1) is 12.7. The number of halogens is 1. The summed E-state index contributed by atoms with van der Waals surface area (Å²) in [4.78, 5) is 1.10. The molecule has 0 aliphatic rings. The standard InChI is InChI=1S/C11H16ClNOS/c1-14-10-5-4-9(12)8-11(10)15-7-3-2-6-13/h4-5,8H,2-3,6-7,13H2,1H3. The molecule has 2 N–H and O–H groups in total. The van der Waals surface area contributed by atoms with Gasteiger partial charge >= 0.3 is 0 Å². The van der Waals surface area contributed by atoms with Crippen LogP contribution in [-0.2, 0) is 0 Å².